The van der Waals surface area contributed by atoms with E-state index in [1.807, 2.05) is 68.4 Å². The largest absolute Gasteiger partial charge is 0.455 e. The zero-order valence-corrected chi connectivity index (χ0v) is 14.1. The number of ether oxygens (including phenoxy) is 1. The highest BCUT2D eigenvalue weighted by Gasteiger charge is 2.09. The summed E-state index contributed by atoms with van der Waals surface area (Å²) in [5.41, 5.74) is 3.09. The second kappa shape index (κ2) is 8.87. The molecule has 2 aromatic rings. The predicted octanol–water partition coefficient (Wildman–Crippen LogP) is 3.21. The number of benzene rings is 2. The molecule has 2 rings (SSSR count). The van der Waals surface area contributed by atoms with Crippen molar-refractivity contribution in [1.29, 1.82) is 0 Å². The Morgan fingerprint density at radius 1 is 0.958 bits per heavy atom. The molecule has 0 aliphatic rings. The maximum atomic E-state index is 11.8. The van der Waals surface area contributed by atoms with Gasteiger partial charge in [0.1, 0.15) is 0 Å². The number of amides is 1. The van der Waals surface area contributed by atoms with Gasteiger partial charge in [0.25, 0.3) is 5.91 Å². The maximum Gasteiger partial charge on any atom is 0.310 e. The lowest BCUT2D eigenvalue weighted by atomic mass is 10.0. The van der Waals surface area contributed by atoms with Gasteiger partial charge < -0.3 is 10.1 Å². The van der Waals surface area contributed by atoms with E-state index >= 15 is 0 Å². The van der Waals surface area contributed by atoms with Gasteiger partial charge in [0.15, 0.2) is 6.61 Å². The van der Waals surface area contributed by atoms with Crippen molar-refractivity contribution in [2.24, 2.45) is 5.92 Å². The molecule has 4 heteroatoms. The first kappa shape index (κ1) is 17.7. The van der Waals surface area contributed by atoms with Crippen LogP contribution in [0.15, 0.2) is 54.6 Å². The molecule has 24 heavy (non-hydrogen) atoms. The molecular weight excluding hydrogens is 302 g/mol. The molecule has 1 amide bonds. The van der Waals surface area contributed by atoms with Crippen molar-refractivity contribution in [3.8, 4) is 11.1 Å². The van der Waals surface area contributed by atoms with Crippen LogP contribution in [0, 0.1) is 5.92 Å². The minimum Gasteiger partial charge on any atom is -0.455 e. The molecule has 0 fully saturated rings. The molecule has 1 N–H and O–H groups in total. The number of nitrogens with one attached hydrogen (secondary N) is 1. The first-order chi connectivity index (χ1) is 11.5. The normalized spacial score (nSPS) is 10.5. The van der Waals surface area contributed by atoms with Crippen LogP contribution in [-0.4, -0.2) is 25.0 Å². The summed E-state index contributed by atoms with van der Waals surface area (Å²) in [7, 11) is 0. The van der Waals surface area contributed by atoms with Crippen LogP contribution in [0.25, 0.3) is 11.1 Å². The van der Waals surface area contributed by atoms with Gasteiger partial charge in [0, 0.05) is 6.54 Å². The van der Waals surface area contributed by atoms with Crippen LogP contribution in [-0.2, 0) is 20.7 Å². The standard InChI is InChI=1S/C20H23NO3/c1-15(2)13-21-19(22)14-24-20(23)12-16-8-10-18(11-9-16)17-6-4-3-5-7-17/h3-11,15H,12-14H2,1-2H3,(H,21,22). The van der Waals surface area contributed by atoms with E-state index in [0.717, 1.165) is 16.7 Å². The molecule has 0 aliphatic carbocycles. The van der Waals surface area contributed by atoms with Crippen molar-refractivity contribution in [2.75, 3.05) is 13.2 Å². The highest BCUT2D eigenvalue weighted by molar-refractivity contribution is 5.81. The third kappa shape index (κ3) is 5.88. The van der Waals surface area contributed by atoms with Crippen molar-refractivity contribution < 1.29 is 14.3 Å². The van der Waals surface area contributed by atoms with Gasteiger partial charge in [-0.05, 0) is 22.6 Å². The number of esters is 1. The van der Waals surface area contributed by atoms with E-state index < -0.39 is 5.97 Å². The van der Waals surface area contributed by atoms with Crippen LogP contribution in [0.3, 0.4) is 0 Å². The quantitative estimate of drug-likeness (QED) is 0.795. The second-order valence-corrected chi connectivity index (χ2v) is 6.10. The molecule has 126 valence electrons. The zero-order chi connectivity index (χ0) is 17.4. The third-order valence-corrected chi connectivity index (χ3v) is 3.48. The summed E-state index contributed by atoms with van der Waals surface area (Å²) >= 11 is 0. The van der Waals surface area contributed by atoms with Gasteiger partial charge in [0.2, 0.25) is 0 Å². The summed E-state index contributed by atoms with van der Waals surface area (Å²) in [4.78, 5) is 23.3. The molecule has 2 aromatic carbocycles. The average Bonchev–Trinajstić information content (AvgIpc) is 2.59. The monoisotopic (exact) mass is 325 g/mol. The summed E-state index contributed by atoms with van der Waals surface area (Å²) in [6.45, 7) is 4.36. The Bertz CT molecular complexity index is 663. The molecule has 0 saturated carbocycles. The molecule has 0 saturated heterocycles. The van der Waals surface area contributed by atoms with Crippen molar-refractivity contribution in [3.63, 3.8) is 0 Å². The minimum absolute atomic E-state index is 0.159. The van der Waals surface area contributed by atoms with Crippen molar-refractivity contribution in [2.45, 2.75) is 20.3 Å². The summed E-state index contributed by atoms with van der Waals surface area (Å²) in [6, 6.07) is 17.8. The molecule has 0 unspecified atom stereocenters. The van der Waals surface area contributed by atoms with Crippen LogP contribution in [0.4, 0.5) is 0 Å². The highest BCUT2D eigenvalue weighted by atomic mass is 16.5. The Balaban J connectivity index is 1.81. The molecule has 4 nitrogen and oxygen atoms in total. The van der Waals surface area contributed by atoms with Gasteiger partial charge in [-0.2, -0.15) is 0 Å². The molecule has 0 aromatic heterocycles. The number of rotatable bonds is 7. The molecular formula is C20H23NO3. The molecule has 0 aliphatic heterocycles. The van der Waals surface area contributed by atoms with Crippen LogP contribution in [0.1, 0.15) is 19.4 Å². The summed E-state index contributed by atoms with van der Waals surface area (Å²) in [6.07, 6.45) is 0.159. The topological polar surface area (TPSA) is 55.4 Å². The SMILES string of the molecule is CC(C)CNC(=O)COC(=O)Cc1ccc(-c2ccccc2)cc1. The molecule has 0 bridgehead atoms. The summed E-state index contributed by atoms with van der Waals surface area (Å²) in [5, 5.41) is 2.71. The third-order valence-electron chi connectivity index (χ3n) is 3.48. The fourth-order valence-electron chi connectivity index (χ4n) is 2.18. The van der Waals surface area contributed by atoms with Gasteiger partial charge in [-0.3, -0.25) is 9.59 Å². The highest BCUT2D eigenvalue weighted by Crippen LogP contribution is 2.19. The van der Waals surface area contributed by atoms with Crippen LogP contribution < -0.4 is 5.32 Å². The van der Waals surface area contributed by atoms with E-state index in [0.29, 0.717) is 12.5 Å². The van der Waals surface area contributed by atoms with Gasteiger partial charge in [-0.25, -0.2) is 0 Å². The van der Waals surface area contributed by atoms with Gasteiger partial charge in [-0.15, -0.1) is 0 Å². The Morgan fingerprint density at radius 2 is 1.58 bits per heavy atom. The molecule has 0 radical (unpaired) electrons. The van der Waals surface area contributed by atoms with Crippen molar-refractivity contribution in [1.82, 2.24) is 5.32 Å². The minimum atomic E-state index is -0.401. The van der Waals surface area contributed by atoms with Gasteiger partial charge in [-0.1, -0.05) is 68.4 Å². The maximum absolute atomic E-state index is 11.8. The van der Waals surface area contributed by atoms with Gasteiger partial charge in [0.05, 0.1) is 6.42 Å². The van der Waals surface area contributed by atoms with E-state index in [1.54, 1.807) is 0 Å². The first-order valence-electron chi connectivity index (χ1n) is 8.11. The van der Waals surface area contributed by atoms with Crippen molar-refractivity contribution >= 4 is 11.9 Å². The number of hydrogen-bond donors (Lipinski definition) is 1. The summed E-state index contributed by atoms with van der Waals surface area (Å²) < 4.78 is 5.00. The van der Waals surface area contributed by atoms with E-state index in [2.05, 4.69) is 5.32 Å². The molecule has 0 heterocycles. The fraction of sp³-hybridized carbons (Fsp3) is 0.300. The number of carbonyl (C=O) groups excluding carboxylic acids is 2. The summed E-state index contributed by atoms with van der Waals surface area (Å²) in [5.74, 6) is -0.300. The Hall–Kier alpha value is -2.62. The van der Waals surface area contributed by atoms with Gasteiger partial charge >= 0.3 is 5.97 Å². The lowest BCUT2D eigenvalue weighted by Gasteiger charge is -2.08. The Morgan fingerprint density at radius 3 is 2.21 bits per heavy atom. The zero-order valence-electron chi connectivity index (χ0n) is 14.1. The lowest BCUT2D eigenvalue weighted by Crippen LogP contribution is -2.31. The fourth-order valence-corrected chi connectivity index (χ4v) is 2.18. The van der Waals surface area contributed by atoms with E-state index in [9.17, 15) is 9.59 Å². The molecule has 0 spiro atoms. The van der Waals surface area contributed by atoms with E-state index in [4.69, 9.17) is 4.74 Å². The second-order valence-electron chi connectivity index (χ2n) is 6.10. The van der Waals surface area contributed by atoms with Crippen LogP contribution in [0.5, 0.6) is 0 Å². The van der Waals surface area contributed by atoms with Crippen LogP contribution >= 0.6 is 0 Å². The Labute approximate surface area is 142 Å². The van der Waals surface area contributed by atoms with Crippen molar-refractivity contribution in [3.05, 3.63) is 60.2 Å². The Kier molecular flexibility index (Phi) is 6.55. The van der Waals surface area contributed by atoms with E-state index in [-0.39, 0.29) is 18.9 Å². The lowest BCUT2D eigenvalue weighted by molar-refractivity contribution is -0.147. The van der Waals surface area contributed by atoms with Crippen LogP contribution in [0.2, 0.25) is 0 Å². The smallest absolute Gasteiger partial charge is 0.310 e. The number of hydrogen-bond acceptors (Lipinski definition) is 3. The number of carbonyl (C=O) groups is 2. The molecule has 0 atom stereocenters. The van der Waals surface area contributed by atoms with E-state index in [1.165, 1.54) is 0 Å². The first-order valence-corrected chi connectivity index (χ1v) is 8.11. The predicted molar refractivity (Wildman–Crippen MR) is 94.4 cm³/mol. The average molecular weight is 325 g/mol.